The van der Waals surface area contributed by atoms with Crippen LogP contribution in [-0.4, -0.2) is 56.3 Å². The summed E-state index contributed by atoms with van der Waals surface area (Å²) in [6.45, 7) is 2.86. The number of benzene rings is 3. The van der Waals surface area contributed by atoms with Gasteiger partial charge in [0.2, 0.25) is 15.9 Å². The molecular formula is C27H29N3O3S. The Labute approximate surface area is 201 Å². The van der Waals surface area contributed by atoms with Gasteiger partial charge in [-0.2, -0.15) is 4.31 Å². The van der Waals surface area contributed by atoms with Gasteiger partial charge >= 0.3 is 0 Å². The molecule has 2 heterocycles. The van der Waals surface area contributed by atoms with Crippen molar-refractivity contribution < 1.29 is 13.2 Å². The van der Waals surface area contributed by atoms with E-state index in [-0.39, 0.29) is 16.8 Å². The second kappa shape index (κ2) is 9.70. The highest BCUT2D eigenvalue weighted by Crippen LogP contribution is 2.31. The lowest BCUT2D eigenvalue weighted by atomic mass is 9.96. The zero-order valence-electron chi connectivity index (χ0n) is 19.1. The number of amides is 1. The summed E-state index contributed by atoms with van der Waals surface area (Å²) >= 11 is 0. The van der Waals surface area contributed by atoms with E-state index in [1.807, 2.05) is 36.4 Å². The van der Waals surface area contributed by atoms with Gasteiger partial charge in [-0.05, 0) is 41.8 Å². The maximum absolute atomic E-state index is 13.3. The molecule has 0 spiro atoms. The average molecular weight is 476 g/mol. The van der Waals surface area contributed by atoms with Crippen LogP contribution in [0.4, 0.5) is 5.69 Å². The van der Waals surface area contributed by atoms with Crippen molar-refractivity contribution in [2.75, 3.05) is 37.6 Å². The van der Waals surface area contributed by atoms with Gasteiger partial charge in [0.25, 0.3) is 0 Å². The van der Waals surface area contributed by atoms with Gasteiger partial charge in [0.05, 0.1) is 10.9 Å². The number of hydrogen-bond acceptors (Lipinski definition) is 4. The van der Waals surface area contributed by atoms with Crippen LogP contribution >= 0.6 is 0 Å². The SMILES string of the molecule is O=C1CCCN1c1ccc(S(=O)(=O)N2CCN(C(c3ccccc3)c3ccccc3)CC2)cc1. The maximum Gasteiger partial charge on any atom is 0.243 e. The third-order valence-corrected chi connectivity index (χ3v) is 8.64. The van der Waals surface area contributed by atoms with Gasteiger partial charge in [-0.25, -0.2) is 8.42 Å². The van der Waals surface area contributed by atoms with Gasteiger partial charge in [0.15, 0.2) is 0 Å². The monoisotopic (exact) mass is 475 g/mol. The number of hydrogen-bond donors (Lipinski definition) is 0. The molecule has 5 rings (SSSR count). The molecule has 0 atom stereocenters. The van der Waals surface area contributed by atoms with Crippen LogP contribution in [0.1, 0.15) is 30.0 Å². The Bertz CT molecular complexity index is 1180. The van der Waals surface area contributed by atoms with Crippen LogP contribution in [0.5, 0.6) is 0 Å². The van der Waals surface area contributed by atoms with Crippen molar-refractivity contribution >= 4 is 21.6 Å². The lowest BCUT2D eigenvalue weighted by molar-refractivity contribution is -0.117. The van der Waals surface area contributed by atoms with E-state index >= 15 is 0 Å². The highest BCUT2D eigenvalue weighted by atomic mass is 32.2. The third-order valence-electron chi connectivity index (χ3n) is 6.73. The summed E-state index contributed by atoms with van der Waals surface area (Å²) in [7, 11) is -3.59. The Morgan fingerprint density at radius 2 is 1.24 bits per heavy atom. The minimum Gasteiger partial charge on any atom is -0.312 e. The molecule has 2 fully saturated rings. The van der Waals surface area contributed by atoms with Crippen molar-refractivity contribution in [1.29, 1.82) is 0 Å². The van der Waals surface area contributed by atoms with Gasteiger partial charge in [0, 0.05) is 44.8 Å². The normalized spacial score (nSPS) is 18.0. The Hall–Kier alpha value is -3.00. The predicted molar refractivity (Wildman–Crippen MR) is 133 cm³/mol. The molecule has 1 amide bonds. The molecule has 0 aliphatic carbocycles. The van der Waals surface area contributed by atoms with Crippen LogP contribution in [0.3, 0.4) is 0 Å². The number of sulfonamides is 1. The maximum atomic E-state index is 13.3. The standard InChI is InChI=1S/C27H29N3O3S/c31-26-12-7-17-30(26)24-13-15-25(16-14-24)34(32,33)29-20-18-28(19-21-29)27(22-8-3-1-4-9-22)23-10-5-2-6-11-23/h1-6,8-11,13-16,27H,7,12,17-21H2. The lowest BCUT2D eigenvalue weighted by Crippen LogP contribution is -2.49. The predicted octanol–water partition coefficient (Wildman–Crippen LogP) is 3.91. The second-order valence-electron chi connectivity index (χ2n) is 8.81. The smallest absolute Gasteiger partial charge is 0.243 e. The van der Waals surface area contributed by atoms with E-state index in [1.54, 1.807) is 33.5 Å². The van der Waals surface area contributed by atoms with Crippen LogP contribution in [0.25, 0.3) is 0 Å². The summed E-state index contributed by atoms with van der Waals surface area (Å²) in [6.07, 6.45) is 1.40. The van der Waals surface area contributed by atoms with Crippen molar-refractivity contribution in [3.63, 3.8) is 0 Å². The number of carbonyl (C=O) groups excluding carboxylic acids is 1. The number of piperazine rings is 1. The van der Waals surface area contributed by atoms with Crippen LogP contribution in [0.15, 0.2) is 89.8 Å². The Morgan fingerprint density at radius 1 is 0.676 bits per heavy atom. The fraction of sp³-hybridized carbons (Fsp3) is 0.296. The van der Waals surface area contributed by atoms with E-state index in [9.17, 15) is 13.2 Å². The molecule has 0 radical (unpaired) electrons. The van der Waals surface area contributed by atoms with E-state index < -0.39 is 10.0 Å². The molecule has 0 N–H and O–H groups in total. The summed E-state index contributed by atoms with van der Waals surface area (Å²) in [4.78, 5) is 16.4. The molecular weight excluding hydrogens is 446 g/mol. The molecule has 2 aliphatic rings. The summed E-state index contributed by atoms with van der Waals surface area (Å²) < 4.78 is 28.2. The molecule has 3 aromatic carbocycles. The van der Waals surface area contributed by atoms with Gasteiger partial charge in [0.1, 0.15) is 0 Å². The number of nitrogens with zero attached hydrogens (tertiary/aromatic N) is 3. The van der Waals surface area contributed by atoms with Gasteiger partial charge < -0.3 is 4.90 Å². The minimum absolute atomic E-state index is 0.0875. The molecule has 2 aliphatic heterocycles. The van der Waals surface area contributed by atoms with E-state index in [2.05, 4.69) is 29.2 Å². The van der Waals surface area contributed by atoms with Gasteiger partial charge in [-0.3, -0.25) is 9.69 Å². The fourth-order valence-corrected chi connectivity index (χ4v) is 6.38. The Morgan fingerprint density at radius 3 is 1.74 bits per heavy atom. The van der Waals surface area contributed by atoms with E-state index in [1.165, 1.54) is 11.1 Å². The van der Waals surface area contributed by atoms with Crippen LogP contribution in [0.2, 0.25) is 0 Å². The van der Waals surface area contributed by atoms with Crippen molar-refractivity contribution in [1.82, 2.24) is 9.21 Å². The quantitative estimate of drug-likeness (QED) is 0.542. The van der Waals surface area contributed by atoms with Crippen molar-refractivity contribution in [3.8, 4) is 0 Å². The average Bonchev–Trinajstić information content (AvgIpc) is 3.32. The number of anilines is 1. The summed E-state index contributed by atoms with van der Waals surface area (Å²) in [5.41, 5.74) is 3.17. The zero-order chi connectivity index (χ0) is 23.5. The van der Waals surface area contributed by atoms with Crippen LogP contribution < -0.4 is 4.90 Å². The molecule has 176 valence electrons. The fourth-order valence-electron chi connectivity index (χ4n) is 4.96. The lowest BCUT2D eigenvalue weighted by Gasteiger charge is -2.39. The molecule has 0 aromatic heterocycles. The third kappa shape index (κ3) is 4.51. The summed E-state index contributed by atoms with van der Waals surface area (Å²) in [5, 5.41) is 0. The molecule has 34 heavy (non-hydrogen) atoms. The first-order valence-electron chi connectivity index (χ1n) is 11.8. The number of rotatable bonds is 6. The second-order valence-corrected chi connectivity index (χ2v) is 10.7. The van der Waals surface area contributed by atoms with Gasteiger partial charge in [-0.15, -0.1) is 0 Å². The highest BCUT2D eigenvalue weighted by Gasteiger charge is 2.32. The zero-order valence-corrected chi connectivity index (χ0v) is 19.9. The topological polar surface area (TPSA) is 60.9 Å². The molecule has 7 heteroatoms. The molecule has 0 unspecified atom stereocenters. The van der Waals surface area contributed by atoms with E-state index in [4.69, 9.17) is 0 Å². The first-order chi connectivity index (χ1) is 16.5. The molecule has 3 aromatic rings. The van der Waals surface area contributed by atoms with E-state index in [0.717, 1.165) is 12.1 Å². The van der Waals surface area contributed by atoms with Crippen molar-refractivity contribution in [2.24, 2.45) is 0 Å². The summed E-state index contributed by atoms with van der Waals surface area (Å²) in [5.74, 6) is 0.0955. The molecule has 2 saturated heterocycles. The number of carbonyl (C=O) groups is 1. The molecule has 0 saturated carbocycles. The summed E-state index contributed by atoms with van der Waals surface area (Å²) in [6, 6.07) is 27.6. The minimum atomic E-state index is -3.59. The van der Waals surface area contributed by atoms with Crippen molar-refractivity contribution in [2.45, 2.75) is 23.8 Å². The largest absolute Gasteiger partial charge is 0.312 e. The highest BCUT2D eigenvalue weighted by molar-refractivity contribution is 7.89. The van der Waals surface area contributed by atoms with E-state index in [0.29, 0.717) is 39.1 Å². The first-order valence-corrected chi connectivity index (χ1v) is 13.2. The Balaban J connectivity index is 1.31. The molecule has 6 nitrogen and oxygen atoms in total. The first kappa shape index (κ1) is 22.8. The molecule has 0 bridgehead atoms. The van der Waals surface area contributed by atoms with Crippen molar-refractivity contribution in [3.05, 3.63) is 96.1 Å². The van der Waals surface area contributed by atoms with Gasteiger partial charge in [-0.1, -0.05) is 60.7 Å². The van der Waals surface area contributed by atoms with Crippen LogP contribution in [-0.2, 0) is 14.8 Å². The van der Waals surface area contributed by atoms with Crippen LogP contribution in [0, 0.1) is 0 Å². The Kier molecular flexibility index (Phi) is 6.50.